The van der Waals surface area contributed by atoms with Crippen LogP contribution in [0.3, 0.4) is 0 Å². The molecule has 1 aliphatic rings. The minimum Gasteiger partial charge on any atom is -0.508 e. The Morgan fingerprint density at radius 1 is 1.17 bits per heavy atom. The number of rotatable bonds is 4. The lowest BCUT2D eigenvalue weighted by Gasteiger charge is -2.35. The Morgan fingerprint density at radius 2 is 1.78 bits per heavy atom. The third-order valence-electron chi connectivity index (χ3n) is 3.64. The lowest BCUT2D eigenvalue weighted by Crippen LogP contribution is -2.45. The van der Waals surface area contributed by atoms with Crippen LogP contribution in [0.2, 0.25) is 0 Å². The van der Waals surface area contributed by atoms with Crippen LogP contribution in [0.5, 0.6) is 5.75 Å². The molecule has 9 heteroatoms. The molecule has 1 aromatic carbocycles. The largest absolute Gasteiger partial charge is 0.508 e. The maximum atomic E-state index is 13.4. The molecule has 1 heterocycles. The third-order valence-corrected chi connectivity index (χ3v) is 3.64. The zero-order valence-corrected chi connectivity index (χ0v) is 13.9. The van der Waals surface area contributed by atoms with Gasteiger partial charge in [0, 0.05) is 44.2 Å². The number of nitrogens with zero attached hydrogens (tertiary/aromatic N) is 1. The molecule has 0 unspecified atom stereocenters. The normalized spacial score (nSPS) is 17.0. The van der Waals surface area contributed by atoms with Crippen LogP contribution in [0.15, 0.2) is 18.2 Å². The number of nitrogens with one attached hydrogen (secondary N) is 1. The minimum absolute atomic E-state index is 0. The summed E-state index contributed by atoms with van der Waals surface area (Å²) < 4.78 is 50.9. The molecule has 0 bridgehead atoms. The van der Waals surface area contributed by atoms with Gasteiger partial charge in [-0.15, -0.1) is 24.8 Å². The van der Waals surface area contributed by atoms with E-state index in [1.165, 1.54) is 6.07 Å². The van der Waals surface area contributed by atoms with Gasteiger partial charge < -0.3 is 10.4 Å². The topological polar surface area (TPSA) is 35.5 Å². The van der Waals surface area contributed by atoms with Crippen molar-refractivity contribution in [1.82, 2.24) is 10.2 Å². The van der Waals surface area contributed by atoms with Crippen LogP contribution >= 0.6 is 24.8 Å². The second-order valence-corrected chi connectivity index (χ2v) is 5.16. The highest BCUT2D eigenvalue weighted by Gasteiger charge is 2.32. The van der Waals surface area contributed by atoms with Crippen molar-refractivity contribution in [3.63, 3.8) is 0 Å². The second-order valence-electron chi connectivity index (χ2n) is 5.16. The summed E-state index contributed by atoms with van der Waals surface area (Å²) in [6.45, 7) is 2.47. The summed E-state index contributed by atoms with van der Waals surface area (Å²) in [5.41, 5.74) is 0.223. The maximum Gasteiger partial charge on any atom is 0.389 e. The van der Waals surface area contributed by atoms with Gasteiger partial charge in [0.2, 0.25) is 0 Å². The minimum atomic E-state index is -4.27. The zero-order valence-electron chi connectivity index (χ0n) is 12.3. The number of halogens is 6. The molecule has 2 N–H and O–H groups in total. The molecule has 134 valence electrons. The predicted octanol–water partition coefficient (Wildman–Crippen LogP) is 3.66. The molecule has 1 fully saturated rings. The first-order valence-electron chi connectivity index (χ1n) is 6.87. The van der Waals surface area contributed by atoms with Gasteiger partial charge in [-0.3, -0.25) is 4.90 Å². The molecule has 23 heavy (non-hydrogen) atoms. The van der Waals surface area contributed by atoms with Crippen molar-refractivity contribution in [2.24, 2.45) is 0 Å². The standard InChI is InChI=1S/C14H18F4N2O.2ClH/c15-10-1-2-13(21)11(9-10)12(3-4-14(16,17)18)20-7-5-19-6-8-20;;/h1-2,9,12,19,21H,3-8H2;2*1H/t12-;;/m0../s1. The van der Waals surface area contributed by atoms with Crippen molar-refractivity contribution < 1.29 is 22.7 Å². The van der Waals surface area contributed by atoms with Crippen LogP contribution in [-0.2, 0) is 0 Å². The molecule has 0 aliphatic carbocycles. The van der Waals surface area contributed by atoms with Gasteiger partial charge in [-0.1, -0.05) is 0 Å². The Balaban J connectivity index is 0.00000242. The molecule has 2 rings (SSSR count). The van der Waals surface area contributed by atoms with E-state index in [9.17, 15) is 22.7 Å². The molecule has 1 aromatic rings. The number of aromatic hydroxyl groups is 1. The van der Waals surface area contributed by atoms with Crippen LogP contribution < -0.4 is 5.32 Å². The Morgan fingerprint density at radius 3 is 2.35 bits per heavy atom. The van der Waals surface area contributed by atoms with E-state index in [4.69, 9.17) is 0 Å². The zero-order chi connectivity index (χ0) is 15.5. The Hall–Kier alpha value is -0.760. The smallest absolute Gasteiger partial charge is 0.389 e. The van der Waals surface area contributed by atoms with Gasteiger partial charge in [0.15, 0.2) is 0 Å². The quantitative estimate of drug-likeness (QED) is 0.784. The van der Waals surface area contributed by atoms with E-state index in [2.05, 4.69) is 5.32 Å². The van der Waals surface area contributed by atoms with E-state index >= 15 is 0 Å². The molecular formula is C14H20Cl2F4N2O. The highest BCUT2D eigenvalue weighted by Crippen LogP contribution is 2.35. The van der Waals surface area contributed by atoms with Gasteiger partial charge in [-0.2, -0.15) is 13.2 Å². The fourth-order valence-electron chi connectivity index (χ4n) is 2.62. The van der Waals surface area contributed by atoms with Gasteiger partial charge in [-0.05, 0) is 24.6 Å². The van der Waals surface area contributed by atoms with Crippen LogP contribution in [0.4, 0.5) is 17.6 Å². The van der Waals surface area contributed by atoms with Crippen molar-refractivity contribution in [1.29, 1.82) is 0 Å². The molecule has 0 spiro atoms. The van der Waals surface area contributed by atoms with Gasteiger partial charge >= 0.3 is 6.18 Å². The van der Waals surface area contributed by atoms with Crippen molar-refractivity contribution >= 4 is 24.8 Å². The van der Waals surface area contributed by atoms with Crippen molar-refractivity contribution in [3.8, 4) is 5.75 Å². The first-order valence-corrected chi connectivity index (χ1v) is 6.87. The summed E-state index contributed by atoms with van der Waals surface area (Å²) >= 11 is 0. The lowest BCUT2D eigenvalue weighted by atomic mass is 9.98. The van der Waals surface area contributed by atoms with E-state index in [1.54, 1.807) is 0 Å². The Bertz CT molecular complexity index is 482. The summed E-state index contributed by atoms with van der Waals surface area (Å²) in [5.74, 6) is -0.725. The van der Waals surface area contributed by atoms with E-state index < -0.39 is 24.5 Å². The maximum absolute atomic E-state index is 13.4. The number of hydrogen-bond acceptors (Lipinski definition) is 3. The summed E-state index contributed by atoms with van der Waals surface area (Å²) in [7, 11) is 0. The molecule has 0 radical (unpaired) electrons. The van der Waals surface area contributed by atoms with Crippen LogP contribution in [0, 0.1) is 5.82 Å². The third kappa shape index (κ3) is 6.71. The van der Waals surface area contributed by atoms with E-state index in [0.29, 0.717) is 26.2 Å². The van der Waals surface area contributed by atoms with Crippen LogP contribution in [-0.4, -0.2) is 42.4 Å². The van der Waals surface area contributed by atoms with Crippen LogP contribution in [0.1, 0.15) is 24.4 Å². The first-order chi connectivity index (χ1) is 9.87. The number of alkyl halides is 3. The van der Waals surface area contributed by atoms with E-state index in [1.807, 2.05) is 4.90 Å². The molecule has 1 saturated heterocycles. The second kappa shape index (κ2) is 9.52. The summed E-state index contributed by atoms with van der Waals surface area (Å²) in [5, 5.41) is 13.0. The number of benzene rings is 1. The van der Waals surface area contributed by atoms with E-state index in [-0.39, 0.29) is 42.5 Å². The average molecular weight is 379 g/mol. The van der Waals surface area contributed by atoms with Crippen molar-refractivity contribution in [2.75, 3.05) is 26.2 Å². The molecular weight excluding hydrogens is 359 g/mol. The average Bonchev–Trinajstić information content (AvgIpc) is 2.43. The molecule has 0 amide bonds. The van der Waals surface area contributed by atoms with Gasteiger partial charge in [0.25, 0.3) is 0 Å². The SMILES string of the molecule is Cl.Cl.Oc1ccc(F)cc1[C@H](CCC(F)(F)F)N1CCNCC1. The Kier molecular flexibility index (Phi) is 9.20. The molecule has 0 saturated carbocycles. The van der Waals surface area contributed by atoms with Gasteiger partial charge in [0.05, 0.1) is 0 Å². The lowest BCUT2D eigenvalue weighted by molar-refractivity contribution is -0.138. The highest BCUT2D eigenvalue weighted by molar-refractivity contribution is 5.85. The van der Waals surface area contributed by atoms with Crippen molar-refractivity contribution in [2.45, 2.75) is 25.1 Å². The van der Waals surface area contributed by atoms with Gasteiger partial charge in [0.1, 0.15) is 11.6 Å². The fraction of sp³-hybridized carbons (Fsp3) is 0.571. The molecule has 0 aromatic heterocycles. The summed E-state index contributed by atoms with van der Waals surface area (Å²) in [6, 6.07) is 2.77. The first kappa shape index (κ1) is 22.2. The van der Waals surface area contributed by atoms with Gasteiger partial charge in [-0.25, -0.2) is 4.39 Å². The number of phenolic OH excluding ortho intramolecular Hbond substituents is 1. The highest BCUT2D eigenvalue weighted by atomic mass is 35.5. The van der Waals surface area contributed by atoms with E-state index in [0.717, 1.165) is 12.1 Å². The number of phenols is 1. The monoisotopic (exact) mass is 378 g/mol. The predicted molar refractivity (Wildman–Crippen MR) is 85.0 cm³/mol. The number of piperazine rings is 1. The fourth-order valence-corrected chi connectivity index (χ4v) is 2.62. The van der Waals surface area contributed by atoms with Crippen LogP contribution in [0.25, 0.3) is 0 Å². The van der Waals surface area contributed by atoms with Crippen molar-refractivity contribution in [3.05, 3.63) is 29.6 Å². The summed E-state index contributed by atoms with van der Waals surface area (Å²) in [4.78, 5) is 1.86. The summed E-state index contributed by atoms with van der Waals surface area (Å²) in [6.07, 6.45) is -5.42. The molecule has 1 aliphatic heterocycles. The number of hydrogen-bond donors (Lipinski definition) is 2. The molecule has 3 nitrogen and oxygen atoms in total. The Labute approximate surface area is 144 Å². The molecule has 1 atom stereocenters.